The largest absolute Gasteiger partial charge is 0.463 e. The first kappa shape index (κ1) is 31.8. The lowest BCUT2D eigenvalue weighted by atomic mass is 9.88. The molecule has 3 aromatic heterocycles. The van der Waals surface area contributed by atoms with E-state index < -0.39 is 0 Å². The number of pyridine rings is 1. The Morgan fingerprint density at radius 3 is 2.51 bits per heavy atom. The van der Waals surface area contributed by atoms with Gasteiger partial charge in [0, 0.05) is 85.7 Å². The monoisotopic (exact) mass is 671 g/mol. The molecule has 0 radical (unpaired) electrons. The first-order chi connectivity index (χ1) is 22.7. The topological polar surface area (TPSA) is 160 Å². The Labute approximate surface area is 284 Å². The molecule has 0 unspecified atom stereocenters. The van der Waals surface area contributed by atoms with Crippen molar-refractivity contribution < 1.29 is 4.74 Å². The molecular weight excluding hydrogens is 631 g/mol. The summed E-state index contributed by atoms with van der Waals surface area (Å²) >= 11 is 3.36. The number of hydrogen-bond acceptors (Lipinski definition) is 14. The minimum Gasteiger partial charge on any atom is -0.463 e. The number of hydrogen-bond donors (Lipinski definition) is 2. The van der Waals surface area contributed by atoms with Crippen LogP contribution in [0.1, 0.15) is 59.9 Å². The molecule has 0 amide bonds. The zero-order valence-electron chi connectivity index (χ0n) is 27.2. The molecule has 7 rings (SSSR count). The Morgan fingerprint density at radius 1 is 1.11 bits per heavy atom. The number of nitrogens with two attached hydrogens (primary N) is 2. The maximum absolute atomic E-state index is 10.6. The first-order valence-electron chi connectivity index (χ1n) is 16.2. The quantitative estimate of drug-likeness (QED) is 0.321. The number of thioether (sulfide) groups is 1. The third-order valence-electron chi connectivity index (χ3n) is 10.2. The van der Waals surface area contributed by atoms with E-state index >= 15 is 0 Å². The van der Waals surface area contributed by atoms with Crippen LogP contribution in [0.2, 0.25) is 0 Å². The van der Waals surface area contributed by atoms with E-state index in [1.165, 1.54) is 16.2 Å². The molecule has 0 aromatic carbocycles. The summed E-state index contributed by atoms with van der Waals surface area (Å²) in [5.74, 6) is 2.36. The average Bonchev–Trinajstić information content (AvgIpc) is 3.60. The second-order valence-electron chi connectivity index (χ2n) is 13.3. The predicted octanol–water partition coefficient (Wildman–Crippen LogP) is 3.80. The molecule has 3 aliphatic heterocycles. The van der Waals surface area contributed by atoms with Crippen LogP contribution in [0.25, 0.3) is 0 Å². The Bertz CT molecular complexity index is 1750. The normalized spacial score (nSPS) is 20.2. The molecular formula is C33H41N11OS2. The number of nitrogen functional groups attached to an aromatic ring is 2. The summed E-state index contributed by atoms with van der Waals surface area (Å²) in [4.78, 5) is 24.5. The highest BCUT2D eigenvalue weighted by Gasteiger charge is 2.53. The maximum Gasteiger partial charge on any atom is 0.320 e. The second kappa shape index (κ2) is 12.3. The SMILES string of the molecule is CCN(c1nc(OCC2(CN3CCN(C)CC3)CC2)nc(N2CC3(C2)SCc2sc(N)c(C#N)c23)c1C#N)[C@H](C)c1cccnc1N. The molecule has 246 valence electrons. The fourth-order valence-electron chi connectivity index (χ4n) is 7.24. The molecule has 3 fully saturated rings. The highest BCUT2D eigenvalue weighted by atomic mass is 32.2. The van der Waals surface area contributed by atoms with Crippen LogP contribution < -0.4 is 26.0 Å². The average molecular weight is 672 g/mol. The van der Waals surface area contributed by atoms with Crippen molar-refractivity contribution in [2.24, 2.45) is 5.41 Å². The van der Waals surface area contributed by atoms with Crippen molar-refractivity contribution >= 4 is 45.6 Å². The summed E-state index contributed by atoms with van der Waals surface area (Å²) < 4.78 is 6.24. The van der Waals surface area contributed by atoms with Crippen LogP contribution in [0, 0.1) is 28.1 Å². The van der Waals surface area contributed by atoms with E-state index in [4.69, 9.17) is 26.2 Å². The van der Waals surface area contributed by atoms with E-state index in [2.05, 4.69) is 50.7 Å². The molecule has 6 heterocycles. The minimum absolute atomic E-state index is 0.0969. The number of nitriles is 2. The van der Waals surface area contributed by atoms with Crippen LogP contribution in [0.4, 0.5) is 22.5 Å². The van der Waals surface area contributed by atoms with Crippen LogP contribution in [0.5, 0.6) is 6.01 Å². The summed E-state index contributed by atoms with van der Waals surface area (Å²) in [6, 6.07) is 8.70. The molecule has 1 aliphatic carbocycles. The van der Waals surface area contributed by atoms with Gasteiger partial charge in [-0.3, -0.25) is 0 Å². The number of aromatic nitrogens is 3. The fraction of sp³-hybridized carbons (Fsp3) is 0.545. The van der Waals surface area contributed by atoms with Gasteiger partial charge in [-0.2, -0.15) is 20.5 Å². The van der Waals surface area contributed by atoms with E-state index in [1.54, 1.807) is 6.20 Å². The molecule has 12 nitrogen and oxygen atoms in total. The van der Waals surface area contributed by atoms with Gasteiger partial charge in [-0.25, -0.2) is 4.98 Å². The van der Waals surface area contributed by atoms with Gasteiger partial charge in [0.25, 0.3) is 0 Å². The second-order valence-corrected chi connectivity index (χ2v) is 15.8. The Hall–Kier alpha value is -3.82. The third-order valence-corrected chi connectivity index (χ3v) is 12.9. The smallest absolute Gasteiger partial charge is 0.320 e. The summed E-state index contributed by atoms with van der Waals surface area (Å²) in [7, 11) is 2.18. The highest BCUT2D eigenvalue weighted by molar-refractivity contribution is 8.00. The minimum atomic E-state index is -0.254. The van der Waals surface area contributed by atoms with Gasteiger partial charge < -0.3 is 35.8 Å². The van der Waals surface area contributed by atoms with Gasteiger partial charge >= 0.3 is 6.01 Å². The van der Waals surface area contributed by atoms with Gasteiger partial charge in [0.2, 0.25) is 0 Å². The lowest BCUT2D eigenvalue weighted by Crippen LogP contribution is -2.57. The number of ether oxygens (including phenoxy) is 1. The fourth-order valence-corrected chi connectivity index (χ4v) is 10.0. The van der Waals surface area contributed by atoms with Crippen molar-refractivity contribution in [1.82, 2.24) is 24.8 Å². The molecule has 47 heavy (non-hydrogen) atoms. The van der Waals surface area contributed by atoms with Gasteiger partial charge in [-0.15, -0.1) is 23.1 Å². The number of rotatable bonds is 10. The highest BCUT2D eigenvalue weighted by Crippen LogP contribution is 2.58. The summed E-state index contributed by atoms with van der Waals surface area (Å²) in [5, 5.41) is 21.1. The van der Waals surface area contributed by atoms with Crippen molar-refractivity contribution in [2.45, 2.75) is 43.2 Å². The number of fused-ring (bicyclic) bond motifs is 2. The number of thiophene rings is 1. The number of piperazine rings is 1. The first-order valence-corrected chi connectivity index (χ1v) is 18.0. The molecule has 4 aliphatic rings. The Balaban J connectivity index is 1.21. The Kier molecular flexibility index (Phi) is 8.33. The van der Waals surface area contributed by atoms with E-state index in [9.17, 15) is 10.5 Å². The maximum atomic E-state index is 10.6. The van der Waals surface area contributed by atoms with Crippen molar-refractivity contribution in [3.63, 3.8) is 0 Å². The van der Waals surface area contributed by atoms with Gasteiger partial charge in [-0.05, 0) is 39.8 Å². The molecule has 3 aromatic rings. The van der Waals surface area contributed by atoms with Gasteiger partial charge in [0.15, 0.2) is 11.6 Å². The van der Waals surface area contributed by atoms with Gasteiger partial charge in [-0.1, -0.05) is 6.07 Å². The summed E-state index contributed by atoms with van der Waals surface area (Å²) in [6.45, 7) is 11.8. The van der Waals surface area contributed by atoms with Crippen LogP contribution in [0.15, 0.2) is 18.3 Å². The lowest BCUT2D eigenvalue weighted by Gasteiger charge is -2.49. The molecule has 1 atom stereocenters. The number of nitrogens with zero attached hydrogens (tertiary/aromatic N) is 9. The van der Waals surface area contributed by atoms with E-state index in [-0.39, 0.29) is 22.2 Å². The lowest BCUT2D eigenvalue weighted by molar-refractivity contribution is 0.107. The van der Waals surface area contributed by atoms with Crippen molar-refractivity contribution in [2.75, 3.05) is 87.3 Å². The van der Waals surface area contributed by atoms with E-state index in [0.717, 1.165) is 62.4 Å². The van der Waals surface area contributed by atoms with E-state index in [0.29, 0.717) is 59.8 Å². The molecule has 0 bridgehead atoms. The predicted molar refractivity (Wildman–Crippen MR) is 187 cm³/mol. The molecule has 4 N–H and O–H groups in total. The third kappa shape index (κ3) is 5.71. The zero-order chi connectivity index (χ0) is 32.9. The molecule has 1 saturated carbocycles. The van der Waals surface area contributed by atoms with Gasteiger partial charge in [0.1, 0.15) is 28.5 Å². The molecule has 2 saturated heterocycles. The van der Waals surface area contributed by atoms with Crippen LogP contribution in [0.3, 0.4) is 0 Å². The Morgan fingerprint density at radius 2 is 1.85 bits per heavy atom. The van der Waals surface area contributed by atoms with Crippen molar-refractivity contribution in [1.29, 1.82) is 10.5 Å². The van der Waals surface area contributed by atoms with Gasteiger partial charge in [0.05, 0.1) is 23.0 Å². The van der Waals surface area contributed by atoms with Crippen molar-refractivity contribution in [3.8, 4) is 18.1 Å². The number of anilines is 4. The summed E-state index contributed by atoms with van der Waals surface area (Å²) in [5.41, 5.74) is 15.6. The number of likely N-dealkylation sites (N-methyl/N-ethyl adjacent to an activating group) is 1. The zero-order valence-corrected chi connectivity index (χ0v) is 28.8. The van der Waals surface area contributed by atoms with Crippen LogP contribution >= 0.6 is 23.1 Å². The molecule has 1 spiro atoms. The van der Waals surface area contributed by atoms with E-state index in [1.807, 2.05) is 30.8 Å². The molecule has 14 heteroatoms. The summed E-state index contributed by atoms with van der Waals surface area (Å²) in [6.07, 6.45) is 3.91. The standard InChI is InChI=1S/C33H41N11OS2/c1-4-44(21(2)22-6-5-9-38-27(22)36)30-24(15-35)29(43-18-33(19-43)26-23(14-34)28(37)47-25(26)16-46-33)39-31(40-30)45-20-32(7-8-32)17-42-12-10-41(3)11-13-42/h5-6,9,21H,4,7-8,10-13,16-20,37H2,1-3H3,(H2,36,38)/t21-/m1/s1. The van der Waals surface area contributed by atoms with Crippen LogP contribution in [-0.2, 0) is 10.5 Å². The van der Waals surface area contributed by atoms with Crippen molar-refractivity contribution in [3.05, 3.63) is 45.5 Å². The van der Waals surface area contributed by atoms with Crippen LogP contribution in [-0.4, -0.2) is 90.8 Å².